The van der Waals surface area contributed by atoms with Gasteiger partial charge >= 0.3 is 0 Å². The number of nitrogens with two attached hydrogens (primary N) is 1. The van der Waals surface area contributed by atoms with Crippen molar-refractivity contribution in [1.29, 1.82) is 0 Å². The molecule has 1 aromatic heterocycles. The molecule has 4 nitrogen and oxygen atoms in total. The fourth-order valence-electron chi connectivity index (χ4n) is 2.40. The zero-order valence-electron chi connectivity index (χ0n) is 8.41. The van der Waals surface area contributed by atoms with Gasteiger partial charge < -0.3 is 10.7 Å². The number of hydrogen-bond acceptors (Lipinski definition) is 3. The molecule has 0 radical (unpaired) electrons. The Bertz CT molecular complexity index is 512. The molecule has 0 saturated heterocycles. The number of rotatable bonds is 2. The second-order valence-corrected chi connectivity index (χ2v) is 6.55. The fourth-order valence-corrected chi connectivity index (χ4v) is 3.98. The van der Waals surface area contributed by atoms with Crippen LogP contribution in [0.2, 0.25) is 0 Å². The number of nitrogens with one attached hydrogen (secondary N) is 1. The third-order valence-electron chi connectivity index (χ3n) is 3.26. The maximum Gasteiger partial charge on any atom is 0.160 e. The van der Waals surface area contributed by atoms with Gasteiger partial charge in [0.2, 0.25) is 0 Å². The topological polar surface area (TPSA) is 76.0 Å². The van der Waals surface area contributed by atoms with Gasteiger partial charge in [-0.15, -0.1) is 0 Å². The molecule has 5 heteroatoms. The SMILES string of the molecule is NCc1c(C2CC2)[nH]c2c1CS(=O)(=O)C2. The van der Waals surface area contributed by atoms with E-state index in [1.54, 1.807) is 0 Å². The number of fused-ring (bicyclic) bond motifs is 1. The first-order chi connectivity index (χ1) is 7.11. The summed E-state index contributed by atoms with van der Waals surface area (Å²) in [6.45, 7) is 0.452. The smallest absolute Gasteiger partial charge is 0.160 e. The molecule has 1 aromatic rings. The van der Waals surface area contributed by atoms with Gasteiger partial charge in [0.25, 0.3) is 0 Å². The maximum absolute atomic E-state index is 11.5. The predicted molar refractivity (Wildman–Crippen MR) is 57.0 cm³/mol. The van der Waals surface area contributed by atoms with Gasteiger partial charge in [-0.2, -0.15) is 0 Å². The zero-order valence-corrected chi connectivity index (χ0v) is 9.23. The van der Waals surface area contributed by atoms with Crippen LogP contribution in [0.15, 0.2) is 0 Å². The lowest BCUT2D eigenvalue weighted by Crippen LogP contribution is -2.04. The third-order valence-corrected chi connectivity index (χ3v) is 4.71. The fraction of sp³-hybridized carbons (Fsp3) is 0.600. The van der Waals surface area contributed by atoms with E-state index in [-0.39, 0.29) is 11.5 Å². The molecule has 0 spiro atoms. The van der Waals surface area contributed by atoms with Gasteiger partial charge in [-0.3, -0.25) is 0 Å². The molecule has 2 heterocycles. The van der Waals surface area contributed by atoms with Crippen molar-refractivity contribution in [2.75, 3.05) is 0 Å². The van der Waals surface area contributed by atoms with E-state index >= 15 is 0 Å². The number of H-pyrrole nitrogens is 1. The van der Waals surface area contributed by atoms with Gasteiger partial charge in [0.1, 0.15) is 0 Å². The van der Waals surface area contributed by atoms with Crippen LogP contribution in [0.25, 0.3) is 0 Å². The monoisotopic (exact) mass is 226 g/mol. The molecular formula is C10H14N2O2S. The Kier molecular flexibility index (Phi) is 1.79. The molecule has 0 aromatic carbocycles. The van der Waals surface area contributed by atoms with Gasteiger partial charge in [-0.25, -0.2) is 8.42 Å². The lowest BCUT2D eigenvalue weighted by molar-refractivity contribution is 0.597. The second kappa shape index (κ2) is 2.86. The van der Waals surface area contributed by atoms with Crippen molar-refractivity contribution in [1.82, 2.24) is 4.98 Å². The van der Waals surface area contributed by atoms with Crippen LogP contribution in [0.5, 0.6) is 0 Å². The van der Waals surface area contributed by atoms with Gasteiger partial charge in [0, 0.05) is 17.9 Å². The average molecular weight is 226 g/mol. The lowest BCUT2D eigenvalue weighted by Gasteiger charge is -2.01. The molecule has 2 aliphatic rings. The molecule has 3 N–H and O–H groups in total. The standard InChI is InChI=1S/C10H14N2O2S/c11-3-7-8-4-15(13,14)5-9(8)12-10(7)6-1-2-6/h6,12H,1-5,11H2. The molecule has 0 bridgehead atoms. The zero-order chi connectivity index (χ0) is 10.6. The summed E-state index contributed by atoms with van der Waals surface area (Å²) in [5, 5.41) is 0. The summed E-state index contributed by atoms with van der Waals surface area (Å²) in [7, 11) is -2.90. The Balaban J connectivity index is 2.10. The molecular weight excluding hydrogens is 212 g/mol. The first-order valence-corrected chi connectivity index (χ1v) is 7.06. The summed E-state index contributed by atoms with van der Waals surface area (Å²) >= 11 is 0. The van der Waals surface area contributed by atoms with Crippen molar-refractivity contribution in [3.05, 3.63) is 22.5 Å². The average Bonchev–Trinajstić information content (AvgIpc) is 2.86. The molecule has 1 fully saturated rings. The number of sulfone groups is 1. The summed E-state index contributed by atoms with van der Waals surface area (Å²) in [4.78, 5) is 3.27. The van der Waals surface area contributed by atoms with Crippen molar-refractivity contribution >= 4 is 9.84 Å². The predicted octanol–water partition coefficient (Wildman–Crippen LogP) is 0.779. The van der Waals surface area contributed by atoms with E-state index in [2.05, 4.69) is 4.98 Å². The third kappa shape index (κ3) is 1.41. The molecule has 1 aliphatic heterocycles. The van der Waals surface area contributed by atoms with E-state index in [4.69, 9.17) is 5.73 Å². The van der Waals surface area contributed by atoms with E-state index in [1.807, 2.05) is 0 Å². The highest BCUT2D eigenvalue weighted by molar-refractivity contribution is 7.90. The number of hydrogen-bond donors (Lipinski definition) is 2. The van der Waals surface area contributed by atoms with E-state index in [0.29, 0.717) is 12.5 Å². The molecule has 0 atom stereocenters. The molecule has 1 aliphatic carbocycles. The minimum Gasteiger partial charge on any atom is -0.361 e. The quantitative estimate of drug-likeness (QED) is 0.782. The Morgan fingerprint density at radius 2 is 2.07 bits per heavy atom. The van der Waals surface area contributed by atoms with Crippen LogP contribution in [-0.2, 0) is 27.9 Å². The van der Waals surface area contributed by atoms with E-state index in [0.717, 1.165) is 16.8 Å². The van der Waals surface area contributed by atoms with Crippen LogP contribution in [0.1, 0.15) is 41.3 Å². The van der Waals surface area contributed by atoms with Gasteiger partial charge in [0.05, 0.1) is 11.5 Å². The van der Waals surface area contributed by atoms with Crippen LogP contribution in [0.3, 0.4) is 0 Å². The number of aromatic amines is 1. The first kappa shape index (κ1) is 9.42. The van der Waals surface area contributed by atoms with Crippen molar-refractivity contribution in [3.8, 4) is 0 Å². The highest BCUT2D eigenvalue weighted by Crippen LogP contribution is 2.44. The van der Waals surface area contributed by atoms with Crippen molar-refractivity contribution in [3.63, 3.8) is 0 Å². The number of aromatic nitrogens is 1. The van der Waals surface area contributed by atoms with Crippen LogP contribution in [-0.4, -0.2) is 13.4 Å². The highest BCUT2D eigenvalue weighted by Gasteiger charge is 2.35. The van der Waals surface area contributed by atoms with Crippen molar-refractivity contribution < 1.29 is 8.42 Å². The molecule has 0 amide bonds. The highest BCUT2D eigenvalue weighted by atomic mass is 32.2. The Labute approximate surface area is 88.8 Å². The minimum atomic E-state index is -2.90. The van der Waals surface area contributed by atoms with Gasteiger partial charge in [0.15, 0.2) is 9.84 Å². The van der Waals surface area contributed by atoms with E-state index < -0.39 is 9.84 Å². The molecule has 82 valence electrons. The normalized spacial score (nSPS) is 23.0. The summed E-state index contributed by atoms with van der Waals surface area (Å²) in [5.41, 5.74) is 9.82. The van der Waals surface area contributed by atoms with Crippen LogP contribution < -0.4 is 5.73 Å². The Hall–Kier alpha value is -0.810. The van der Waals surface area contributed by atoms with E-state index in [9.17, 15) is 8.42 Å². The first-order valence-electron chi connectivity index (χ1n) is 5.23. The largest absolute Gasteiger partial charge is 0.361 e. The molecule has 1 saturated carbocycles. The minimum absolute atomic E-state index is 0.169. The summed E-state index contributed by atoms with van der Waals surface area (Å²) in [5.74, 6) is 0.956. The van der Waals surface area contributed by atoms with Gasteiger partial charge in [-0.1, -0.05) is 0 Å². The molecule has 15 heavy (non-hydrogen) atoms. The molecule has 3 rings (SSSR count). The maximum atomic E-state index is 11.5. The Morgan fingerprint density at radius 3 is 2.67 bits per heavy atom. The lowest BCUT2D eigenvalue weighted by atomic mass is 10.1. The van der Waals surface area contributed by atoms with Crippen molar-refractivity contribution in [2.24, 2.45) is 5.73 Å². The summed E-state index contributed by atoms with van der Waals surface area (Å²) in [6, 6.07) is 0. The van der Waals surface area contributed by atoms with Gasteiger partial charge in [-0.05, 0) is 29.9 Å². The van der Waals surface area contributed by atoms with Crippen LogP contribution in [0, 0.1) is 0 Å². The second-order valence-electron chi connectivity index (χ2n) is 4.48. The van der Waals surface area contributed by atoms with E-state index in [1.165, 1.54) is 18.5 Å². The van der Waals surface area contributed by atoms with Crippen LogP contribution >= 0.6 is 0 Å². The van der Waals surface area contributed by atoms with Crippen molar-refractivity contribution in [2.45, 2.75) is 36.8 Å². The van der Waals surface area contributed by atoms with Crippen LogP contribution in [0.4, 0.5) is 0 Å². The summed E-state index contributed by atoms with van der Waals surface area (Å²) < 4.78 is 22.9. The molecule has 0 unspecified atom stereocenters. The Morgan fingerprint density at radius 1 is 1.33 bits per heavy atom. The summed E-state index contributed by atoms with van der Waals surface area (Å²) in [6.07, 6.45) is 2.41.